The van der Waals surface area contributed by atoms with Gasteiger partial charge in [0.25, 0.3) is 0 Å². The average Bonchev–Trinajstić information content (AvgIpc) is 2.69. The average molecular weight is 260 g/mol. The smallest absolute Gasteiger partial charge is 0.249 e. The summed E-state index contributed by atoms with van der Waals surface area (Å²) in [5.74, 6) is 0. The first-order valence-electron chi connectivity index (χ1n) is 5.45. The summed E-state index contributed by atoms with van der Waals surface area (Å²) in [6.07, 6.45) is 1.76. The van der Waals surface area contributed by atoms with Crippen molar-refractivity contribution in [2.24, 2.45) is 7.05 Å². The summed E-state index contributed by atoms with van der Waals surface area (Å²) >= 11 is 5.85. The fraction of sp³-hybridized carbons (Fsp3) is 0.0769. The molecule has 90 valence electrons. The molecule has 1 N–H and O–H groups in total. The van der Waals surface area contributed by atoms with Crippen LogP contribution in [-0.4, -0.2) is 14.5 Å². The van der Waals surface area contributed by atoms with Gasteiger partial charge in [-0.15, -0.1) is 0 Å². The molecule has 0 fully saturated rings. The number of pyridine rings is 1. The fourth-order valence-corrected chi connectivity index (χ4v) is 2.20. The van der Waals surface area contributed by atoms with E-state index in [1.165, 1.54) is 6.07 Å². The number of nitrogens with zero attached hydrogens (tertiary/aromatic N) is 2. The van der Waals surface area contributed by atoms with Crippen molar-refractivity contribution in [3.63, 3.8) is 0 Å². The van der Waals surface area contributed by atoms with E-state index in [0.717, 1.165) is 22.2 Å². The predicted molar refractivity (Wildman–Crippen MR) is 71.8 cm³/mol. The summed E-state index contributed by atoms with van der Waals surface area (Å²) in [5, 5.41) is 0.332. The van der Waals surface area contributed by atoms with Gasteiger partial charge in [-0.2, -0.15) is 0 Å². The number of benzene rings is 1. The highest BCUT2D eigenvalue weighted by Gasteiger charge is 2.04. The predicted octanol–water partition coefficient (Wildman–Crippen LogP) is 2.58. The summed E-state index contributed by atoms with van der Waals surface area (Å²) in [6, 6.07) is 9.13. The number of hydrogen-bond donors (Lipinski definition) is 1. The first-order chi connectivity index (χ1) is 8.63. The quantitative estimate of drug-likeness (QED) is 0.683. The molecule has 0 atom stereocenters. The van der Waals surface area contributed by atoms with Gasteiger partial charge in [-0.3, -0.25) is 4.79 Å². The lowest BCUT2D eigenvalue weighted by Gasteiger charge is -2.02. The molecule has 2 heterocycles. The lowest BCUT2D eigenvalue weighted by atomic mass is 10.1. The van der Waals surface area contributed by atoms with E-state index >= 15 is 0 Å². The number of nitrogens with one attached hydrogen (secondary N) is 1. The van der Waals surface area contributed by atoms with Crippen LogP contribution in [0.15, 0.2) is 41.5 Å². The Kier molecular flexibility index (Phi) is 2.45. The monoisotopic (exact) mass is 259 g/mol. The molecule has 0 saturated heterocycles. The van der Waals surface area contributed by atoms with Crippen molar-refractivity contribution in [3.8, 4) is 11.1 Å². The number of hydrogen-bond acceptors (Lipinski definition) is 2. The molecule has 5 heteroatoms. The van der Waals surface area contributed by atoms with Gasteiger partial charge >= 0.3 is 0 Å². The lowest BCUT2D eigenvalue weighted by molar-refractivity contribution is 0.948. The second-order valence-corrected chi connectivity index (χ2v) is 4.55. The maximum Gasteiger partial charge on any atom is 0.249 e. The number of aryl methyl sites for hydroxylation is 1. The Bertz CT molecular complexity index is 788. The molecule has 18 heavy (non-hydrogen) atoms. The summed E-state index contributed by atoms with van der Waals surface area (Å²) in [5.41, 5.74) is 3.45. The third-order valence-electron chi connectivity index (χ3n) is 2.87. The van der Waals surface area contributed by atoms with Crippen LogP contribution in [0.2, 0.25) is 5.15 Å². The molecule has 0 saturated carbocycles. The molecule has 0 radical (unpaired) electrons. The van der Waals surface area contributed by atoms with Crippen LogP contribution in [0.3, 0.4) is 0 Å². The van der Waals surface area contributed by atoms with Gasteiger partial charge in [-0.1, -0.05) is 17.7 Å². The van der Waals surface area contributed by atoms with Crippen LogP contribution < -0.4 is 5.56 Å². The molecule has 1 aromatic carbocycles. The van der Waals surface area contributed by atoms with E-state index in [1.54, 1.807) is 12.4 Å². The molecular formula is C13H10ClN3O. The number of halogens is 1. The second kappa shape index (κ2) is 3.99. The van der Waals surface area contributed by atoms with Gasteiger partial charge in [-0.25, -0.2) is 4.98 Å². The molecule has 0 aliphatic rings. The van der Waals surface area contributed by atoms with Crippen LogP contribution >= 0.6 is 11.6 Å². The standard InChI is InChI=1S/C13H10ClN3O/c1-17-7-15-10-4-8(2-3-11(10)17)9-5-12(14)16-13(18)6-9/h2-7H,1H3,(H,16,18). The normalized spacial score (nSPS) is 11.0. The molecule has 3 rings (SSSR count). The van der Waals surface area contributed by atoms with Crippen molar-refractivity contribution in [2.45, 2.75) is 0 Å². The molecule has 3 aromatic rings. The van der Waals surface area contributed by atoms with E-state index in [9.17, 15) is 4.79 Å². The Hall–Kier alpha value is -2.07. The highest BCUT2D eigenvalue weighted by Crippen LogP contribution is 2.23. The zero-order valence-electron chi connectivity index (χ0n) is 9.64. The van der Waals surface area contributed by atoms with Gasteiger partial charge in [0.15, 0.2) is 0 Å². The molecule has 0 bridgehead atoms. The molecule has 2 aromatic heterocycles. The lowest BCUT2D eigenvalue weighted by Crippen LogP contribution is -2.03. The second-order valence-electron chi connectivity index (χ2n) is 4.14. The van der Waals surface area contributed by atoms with E-state index in [1.807, 2.05) is 29.8 Å². The Balaban J connectivity index is 2.22. The number of aromatic amines is 1. The Labute approximate surface area is 108 Å². The zero-order valence-corrected chi connectivity index (χ0v) is 10.4. The summed E-state index contributed by atoms with van der Waals surface area (Å²) < 4.78 is 1.95. The maximum absolute atomic E-state index is 11.4. The van der Waals surface area contributed by atoms with E-state index < -0.39 is 0 Å². The van der Waals surface area contributed by atoms with Gasteiger partial charge in [-0.05, 0) is 29.3 Å². The first kappa shape index (κ1) is 11.0. The van der Waals surface area contributed by atoms with Gasteiger partial charge in [0.05, 0.1) is 17.4 Å². The largest absolute Gasteiger partial charge is 0.334 e. The van der Waals surface area contributed by atoms with E-state index in [0.29, 0.717) is 5.15 Å². The van der Waals surface area contributed by atoms with E-state index in [4.69, 9.17) is 11.6 Å². The molecule has 0 aliphatic heterocycles. The van der Waals surface area contributed by atoms with E-state index in [2.05, 4.69) is 9.97 Å². The fourth-order valence-electron chi connectivity index (χ4n) is 1.99. The van der Waals surface area contributed by atoms with Crippen LogP contribution in [0.5, 0.6) is 0 Å². The summed E-state index contributed by atoms with van der Waals surface area (Å²) in [7, 11) is 1.94. The van der Waals surface area contributed by atoms with Crippen molar-refractivity contribution < 1.29 is 0 Å². The van der Waals surface area contributed by atoms with Crippen LogP contribution in [0, 0.1) is 0 Å². The molecule has 4 nitrogen and oxygen atoms in total. The Morgan fingerprint density at radius 3 is 2.83 bits per heavy atom. The maximum atomic E-state index is 11.4. The van der Waals surface area contributed by atoms with Crippen LogP contribution in [-0.2, 0) is 7.05 Å². The highest BCUT2D eigenvalue weighted by atomic mass is 35.5. The van der Waals surface area contributed by atoms with Crippen molar-refractivity contribution >= 4 is 22.6 Å². The molecular weight excluding hydrogens is 250 g/mol. The van der Waals surface area contributed by atoms with Gasteiger partial charge < -0.3 is 9.55 Å². The third-order valence-corrected chi connectivity index (χ3v) is 3.07. The minimum atomic E-state index is -0.210. The first-order valence-corrected chi connectivity index (χ1v) is 5.82. The van der Waals surface area contributed by atoms with Crippen molar-refractivity contribution in [2.75, 3.05) is 0 Å². The van der Waals surface area contributed by atoms with E-state index in [-0.39, 0.29) is 5.56 Å². The molecule has 0 amide bonds. The van der Waals surface area contributed by atoms with Crippen molar-refractivity contribution in [1.82, 2.24) is 14.5 Å². The summed E-state index contributed by atoms with van der Waals surface area (Å²) in [4.78, 5) is 18.2. The highest BCUT2D eigenvalue weighted by molar-refractivity contribution is 6.29. The number of rotatable bonds is 1. The van der Waals surface area contributed by atoms with Crippen molar-refractivity contribution in [1.29, 1.82) is 0 Å². The van der Waals surface area contributed by atoms with Crippen LogP contribution in [0.1, 0.15) is 0 Å². The summed E-state index contributed by atoms with van der Waals surface area (Å²) in [6.45, 7) is 0. The van der Waals surface area contributed by atoms with Gasteiger partial charge in [0.1, 0.15) is 5.15 Å². The topological polar surface area (TPSA) is 50.7 Å². The number of aromatic nitrogens is 3. The van der Waals surface area contributed by atoms with Crippen molar-refractivity contribution in [3.05, 3.63) is 52.2 Å². The van der Waals surface area contributed by atoms with Crippen LogP contribution in [0.4, 0.5) is 0 Å². The molecule has 0 unspecified atom stereocenters. The minimum Gasteiger partial charge on any atom is -0.334 e. The number of fused-ring (bicyclic) bond motifs is 1. The number of imidazole rings is 1. The van der Waals surface area contributed by atoms with Gasteiger partial charge in [0.2, 0.25) is 5.56 Å². The van der Waals surface area contributed by atoms with Gasteiger partial charge in [0, 0.05) is 13.1 Å². The zero-order chi connectivity index (χ0) is 12.7. The minimum absolute atomic E-state index is 0.210. The van der Waals surface area contributed by atoms with Crippen LogP contribution in [0.25, 0.3) is 22.2 Å². The Morgan fingerprint density at radius 1 is 1.22 bits per heavy atom. The molecule has 0 spiro atoms. The Morgan fingerprint density at radius 2 is 2.06 bits per heavy atom. The molecule has 0 aliphatic carbocycles. The third kappa shape index (κ3) is 1.80. The number of H-pyrrole nitrogens is 1. The SMILES string of the molecule is Cn1cnc2cc(-c3cc(Cl)[nH]c(=O)c3)ccc21.